The number of carbonyl (C=O) groups is 3. The van der Waals surface area contributed by atoms with Crippen molar-refractivity contribution in [2.45, 2.75) is 72.7 Å². The van der Waals surface area contributed by atoms with Crippen LogP contribution in [-0.2, 0) is 16.1 Å². The molecule has 0 saturated carbocycles. The van der Waals surface area contributed by atoms with E-state index < -0.39 is 11.7 Å². The first-order chi connectivity index (χ1) is 15.7. The van der Waals surface area contributed by atoms with Crippen LogP contribution in [0, 0.1) is 0 Å². The molecular formula is C24H33N5O5. The maximum absolute atomic E-state index is 12.7. The molecule has 1 aliphatic heterocycles. The normalized spacial score (nSPS) is 16.0. The number of rotatable bonds is 5. The molecule has 184 valence electrons. The van der Waals surface area contributed by atoms with Gasteiger partial charge in [-0.1, -0.05) is 0 Å². The second kappa shape index (κ2) is 9.09. The number of aromatic nitrogens is 2. The maximum atomic E-state index is 12.7. The van der Waals surface area contributed by atoms with E-state index in [4.69, 9.17) is 0 Å². The van der Waals surface area contributed by atoms with Crippen molar-refractivity contribution in [3.05, 3.63) is 24.5 Å². The van der Waals surface area contributed by atoms with E-state index in [1.807, 2.05) is 13.8 Å². The van der Waals surface area contributed by atoms with E-state index in [0.717, 1.165) is 0 Å². The van der Waals surface area contributed by atoms with Gasteiger partial charge in [0.2, 0.25) is 11.8 Å². The first-order valence-electron chi connectivity index (χ1n) is 11.2. The summed E-state index contributed by atoms with van der Waals surface area (Å²) in [5, 5.41) is 24.4. The summed E-state index contributed by atoms with van der Waals surface area (Å²) in [4.78, 5) is 41.7. The molecule has 10 nitrogen and oxygen atoms in total. The van der Waals surface area contributed by atoms with Crippen molar-refractivity contribution in [2.24, 2.45) is 0 Å². The summed E-state index contributed by atoms with van der Waals surface area (Å²) in [5.41, 5.74) is 1.63. The lowest BCUT2D eigenvalue weighted by Gasteiger charge is -2.41. The number of fused-ring (bicyclic) bond motifs is 1. The number of carboxylic acid groups (broad SMARTS) is 1. The Labute approximate surface area is 199 Å². The summed E-state index contributed by atoms with van der Waals surface area (Å²) in [6.07, 6.45) is 2.25. The van der Waals surface area contributed by atoms with Crippen LogP contribution >= 0.6 is 0 Å². The van der Waals surface area contributed by atoms with Crippen molar-refractivity contribution in [2.75, 3.05) is 21.2 Å². The molecule has 1 aromatic carbocycles. The summed E-state index contributed by atoms with van der Waals surface area (Å²) in [6.45, 7) is 12.2. The molecule has 1 aliphatic rings. The quantitative estimate of drug-likeness (QED) is 0.690. The average molecular weight is 472 g/mol. The van der Waals surface area contributed by atoms with Gasteiger partial charge in [-0.05, 0) is 46.8 Å². The molecule has 2 aromatic rings. The van der Waals surface area contributed by atoms with Crippen molar-refractivity contribution in [1.29, 1.82) is 0 Å². The van der Waals surface area contributed by atoms with Gasteiger partial charge in [0.25, 0.3) is 0 Å². The molecular weight excluding hydrogens is 438 g/mol. The van der Waals surface area contributed by atoms with Gasteiger partial charge in [-0.2, -0.15) is 5.10 Å². The molecule has 10 heteroatoms. The van der Waals surface area contributed by atoms with Gasteiger partial charge >= 0.3 is 6.09 Å². The zero-order valence-electron chi connectivity index (χ0n) is 20.7. The smallest absolute Gasteiger partial charge is 0.411 e. The van der Waals surface area contributed by atoms with Gasteiger partial charge < -0.3 is 20.0 Å². The van der Waals surface area contributed by atoms with Crippen molar-refractivity contribution in [3.63, 3.8) is 0 Å². The van der Waals surface area contributed by atoms with E-state index >= 15 is 0 Å². The fourth-order valence-electron chi connectivity index (χ4n) is 4.55. The molecule has 0 radical (unpaired) electrons. The molecule has 1 aromatic heterocycles. The lowest BCUT2D eigenvalue weighted by molar-refractivity contribution is -0.117. The second-order valence-corrected chi connectivity index (χ2v) is 9.71. The predicted molar refractivity (Wildman–Crippen MR) is 130 cm³/mol. The van der Waals surface area contributed by atoms with Crippen LogP contribution in [0.1, 0.15) is 48.5 Å². The molecule has 34 heavy (non-hydrogen) atoms. The van der Waals surface area contributed by atoms with E-state index in [0.29, 0.717) is 28.2 Å². The Morgan fingerprint density at radius 1 is 1.21 bits per heavy atom. The minimum absolute atomic E-state index is 0.124. The fraction of sp³-hybridized carbons (Fsp3) is 0.500. The lowest BCUT2D eigenvalue weighted by Crippen LogP contribution is -2.51. The van der Waals surface area contributed by atoms with Crippen LogP contribution in [-0.4, -0.2) is 62.1 Å². The molecule has 0 aliphatic carbocycles. The number of aliphatic hydroxyl groups is 1. The van der Waals surface area contributed by atoms with Gasteiger partial charge in [0.15, 0.2) is 0 Å². The Hall–Kier alpha value is -3.40. The number of benzene rings is 1. The molecule has 0 bridgehead atoms. The molecule has 3 rings (SSSR count). The first-order valence-corrected chi connectivity index (χ1v) is 11.2. The van der Waals surface area contributed by atoms with Gasteiger partial charge in [-0.25, -0.2) is 4.79 Å². The minimum Gasteiger partial charge on any atom is -0.465 e. The van der Waals surface area contributed by atoms with Crippen molar-refractivity contribution in [1.82, 2.24) is 9.78 Å². The summed E-state index contributed by atoms with van der Waals surface area (Å²) in [6, 6.07) is 2.85. The number of hydrogen-bond donors (Lipinski definition) is 2. The highest BCUT2D eigenvalue weighted by molar-refractivity contribution is 6.07. The maximum Gasteiger partial charge on any atom is 0.411 e. The van der Waals surface area contributed by atoms with Crippen LogP contribution in [0.25, 0.3) is 11.1 Å². The predicted octanol–water partition coefficient (Wildman–Crippen LogP) is 3.32. The standard InChI is InChI=1S/C24H33N5O5/c1-14(2)28(16(4)30)20-9-22-21(27(23(32)33)11-15(3)29(22)17(5)31)8-19(20)18-10-25-26(12-18)13-24(6,7)34/h8-10,12,14-15,34H,11,13H2,1-7H3,(H,32,33). The molecule has 1 atom stereocenters. The van der Waals surface area contributed by atoms with E-state index in [2.05, 4.69) is 5.10 Å². The molecule has 1 unspecified atom stereocenters. The highest BCUT2D eigenvalue weighted by atomic mass is 16.4. The zero-order chi connectivity index (χ0) is 25.5. The largest absolute Gasteiger partial charge is 0.465 e. The molecule has 0 fully saturated rings. The van der Waals surface area contributed by atoms with Crippen molar-refractivity contribution < 1.29 is 24.6 Å². The van der Waals surface area contributed by atoms with E-state index in [-0.39, 0.29) is 37.0 Å². The number of carbonyl (C=O) groups excluding carboxylic acids is 2. The van der Waals surface area contributed by atoms with Crippen LogP contribution in [0.4, 0.5) is 21.9 Å². The lowest BCUT2D eigenvalue weighted by atomic mass is 9.99. The van der Waals surface area contributed by atoms with Crippen LogP contribution in [0.15, 0.2) is 24.5 Å². The Kier molecular flexibility index (Phi) is 6.75. The Morgan fingerprint density at radius 3 is 2.35 bits per heavy atom. The van der Waals surface area contributed by atoms with Crippen LogP contribution in [0.3, 0.4) is 0 Å². The number of nitrogens with zero attached hydrogens (tertiary/aromatic N) is 5. The monoisotopic (exact) mass is 471 g/mol. The SMILES string of the molecule is CC(=O)N(c1cc2c(cc1-c1cnn(CC(C)(C)O)c1)N(C(=O)O)CC(C)N2C(C)=O)C(C)C. The van der Waals surface area contributed by atoms with Crippen LogP contribution in [0.5, 0.6) is 0 Å². The average Bonchev–Trinajstić information content (AvgIpc) is 3.12. The topological polar surface area (TPSA) is 119 Å². The number of anilines is 3. The highest BCUT2D eigenvalue weighted by Crippen LogP contribution is 2.44. The molecule has 0 saturated heterocycles. The van der Waals surface area contributed by atoms with Gasteiger partial charge in [-0.15, -0.1) is 0 Å². The minimum atomic E-state index is -1.12. The number of amides is 3. The number of hydrogen-bond acceptors (Lipinski definition) is 5. The molecule has 0 spiro atoms. The van der Waals surface area contributed by atoms with Gasteiger partial charge in [0, 0.05) is 43.8 Å². The van der Waals surface area contributed by atoms with Crippen molar-refractivity contribution >= 4 is 35.0 Å². The Morgan fingerprint density at radius 2 is 1.85 bits per heavy atom. The van der Waals surface area contributed by atoms with Crippen LogP contribution < -0.4 is 14.7 Å². The first kappa shape index (κ1) is 25.2. The molecule has 2 N–H and O–H groups in total. The summed E-state index contributed by atoms with van der Waals surface area (Å²) in [5.74, 6) is -0.400. The summed E-state index contributed by atoms with van der Waals surface area (Å²) < 4.78 is 1.60. The van der Waals surface area contributed by atoms with Crippen molar-refractivity contribution in [3.8, 4) is 11.1 Å². The molecule has 2 heterocycles. The third kappa shape index (κ3) is 4.91. The third-order valence-corrected chi connectivity index (χ3v) is 5.71. The summed E-state index contributed by atoms with van der Waals surface area (Å²) in [7, 11) is 0. The van der Waals surface area contributed by atoms with E-state index in [1.54, 1.807) is 59.8 Å². The van der Waals surface area contributed by atoms with E-state index in [1.165, 1.54) is 18.7 Å². The highest BCUT2D eigenvalue weighted by Gasteiger charge is 2.36. The fourth-order valence-corrected chi connectivity index (χ4v) is 4.55. The van der Waals surface area contributed by atoms with Crippen LogP contribution in [0.2, 0.25) is 0 Å². The van der Waals surface area contributed by atoms with E-state index in [9.17, 15) is 24.6 Å². The van der Waals surface area contributed by atoms with Gasteiger partial charge in [0.05, 0.1) is 41.4 Å². The zero-order valence-corrected chi connectivity index (χ0v) is 20.7. The Balaban J connectivity index is 2.32. The van der Waals surface area contributed by atoms with Gasteiger partial charge in [0.1, 0.15) is 0 Å². The molecule has 3 amide bonds. The summed E-state index contributed by atoms with van der Waals surface area (Å²) >= 11 is 0. The van der Waals surface area contributed by atoms with Gasteiger partial charge in [-0.3, -0.25) is 19.2 Å². The third-order valence-electron chi connectivity index (χ3n) is 5.71. The Bertz CT molecular complexity index is 1120. The second-order valence-electron chi connectivity index (χ2n) is 9.71.